The highest BCUT2D eigenvalue weighted by Crippen LogP contribution is 2.34. The largest absolute Gasteiger partial charge is 0.481 e. The lowest BCUT2D eigenvalue weighted by molar-refractivity contribution is -0.137. The van der Waals surface area contributed by atoms with E-state index in [0.29, 0.717) is 11.4 Å². The SMILES string of the molecule is O=C(O)CCC(Cl)c1ccc(-c2ccccc2)cc1Cl. The Hall–Kier alpha value is -1.51. The molecule has 2 nitrogen and oxygen atoms in total. The molecule has 0 heterocycles. The molecule has 1 unspecified atom stereocenters. The van der Waals surface area contributed by atoms with E-state index in [1.165, 1.54) is 0 Å². The molecule has 0 saturated heterocycles. The van der Waals surface area contributed by atoms with Crippen LogP contribution in [0.2, 0.25) is 5.02 Å². The van der Waals surface area contributed by atoms with Gasteiger partial charge in [0.1, 0.15) is 0 Å². The van der Waals surface area contributed by atoms with Crippen LogP contribution in [-0.2, 0) is 4.79 Å². The summed E-state index contributed by atoms with van der Waals surface area (Å²) < 4.78 is 0. The molecule has 1 N–H and O–H groups in total. The van der Waals surface area contributed by atoms with Gasteiger partial charge in [0.2, 0.25) is 0 Å². The van der Waals surface area contributed by atoms with Crippen molar-refractivity contribution < 1.29 is 9.90 Å². The third-order valence-electron chi connectivity index (χ3n) is 3.06. The van der Waals surface area contributed by atoms with E-state index in [9.17, 15) is 4.79 Å². The van der Waals surface area contributed by atoms with Crippen LogP contribution in [0.3, 0.4) is 0 Å². The van der Waals surface area contributed by atoms with Crippen molar-refractivity contribution in [2.24, 2.45) is 0 Å². The molecule has 104 valence electrons. The molecule has 2 aromatic rings. The smallest absolute Gasteiger partial charge is 0.303 e. The van der Waals surface area contributed by atoms with Crippen molar-refractivity contribution in [3.05, 3.63) is 59.1 Å². The Kier molecular flexibility index (Phi) is 5.05. The van der Waals surface area contributed by atoms with Crippen LogP contribution in [0.5, 0.6) is 0 Å². The van der Waals surface area contributed by atoms with E-state index in [-0.39, 0.29) is 11.8 Å². The zero-order chi connectivity index (χ0) is 14.5. The lowest BCUT2D eigenvalue weighted by atomic mass is 10.0. The summed E-state index contributed by atoms with van der Waals surface area (Å²) in [5.74, 6) is -0.854. The molecular formula is C16H14Cl2O2. The first kappa shape index (κ1) is 14.9. The first-order valence-corrected chi connectivity index (χ1v) is 7.10. The molecule has 0 radical (unpaired) electrons. The highest BCUT2D eigenvalue weighted by atomic mass is 35.5. The fourth-order valence-electron chi connectivity index (χ4n) is 2.00. The van der Waals surface area contributed by atoms with Crippen LogP contribution in [0, 0.1) is 0 Å². The van der Waals surface area contributed by atoms with Crippen molar-refractivity contribution in [1.82, 2.24) is 0 Å². The van der Waals surface area contributed by atoms with E-state index in [1.54, 1.807) is 0 Å². The number of carbonyl (C=O) groups is 1. The molecule has 4 heteroatoms. The number of benzene rings is 2. The van der Waals surface area contributed by atoms with Crippen LogP contribution < -0.4 is 0 Å². The van der Waals surface area contributed by atoms with Crippen LogP contribution in [0.15, 0.2) is 48.5 Å². The molecule has 2 aromatic carbocycles. The van der Waals surface area contributed by atoms with Gasteiger partial charge >= 0.3 is 5.97 Å². The predicted octanol–water partition coefficient (Wildman–Crippen LogP) is 5.15. The number of rotatable bonds is 5. The number of carboxylic acid groups (broad SMARTS) is 1. The standard InChI is InChI=1S/C16H14Cl2O2/c17-14(8-9-16(19)20)13-7-6-12(10-15(13)18)11-4-2-1-3-5-11/h1-7,10,14H,8-9H2,(H,19,20). The summed E-state index contributed by atoms with van der Waals surface area (Å²) in [7, 11) is 0. The monoisotopic (exact) mass is 308 g/mol. The van der Waals surface area contributed by atoms with E-state index in [4.69, 9.17) is 28.3 Å². The van der Waals surface area contributed by atoms with Crippen LogP contribution in [0.4, 0.5) is 0 Å². The van der Waals surface area contributed by atoms with Crippen molar-refractivity contribution in [1.29, 1.82) is 0 Å². The van der Waals surface area contributed by atoms with Gasteiger partial charge in [0, 0.05) is 11.4 Å². The van der Waals surface area contributed by atoms with Gasteiger partial charge in [-0.3, -0.25) is 4.79 Å². The number of hydrogen-bond acceptors (Lipinski definition) is 1. The lowest BCUT2D eigenvalue weighted by Crippen LogP contribution is -1.99. The molecule has 0 aromatic heterocycles. The maximum Gasteiger partial charge on any atom is 0.303 e. The summed E-state index contributed by atoms with van der Waals surface area (Å²) >= 11 is 12.5. The van der Waals surface area contributed by atoms with Gasteiger partial charge in [0.05, 0.1) is 5.38 Å². The Balaban J connectivity index is 2.20. The van der Waals surface area contributed by atoms with Gasteiger partial charge in [-0.15, -0.1) is 11.6 Å². The van der Waals surface area contributed by atoms with E-state index in [1.807, 2.05) is 48.5 Å². The molecule has 0 bridgehead atoms. The molecule has 2 rings (SSSR count). The van der Waals surface area contributed by atoms with Crippen molar-refractivity contribution >= 4 is 29.2 Å². The Bertz CT molecular complexity index is 597. The quantitative estimate of drug-likeness (QED) is 0.775. The third-order valence-corrected chi connectivity index (χ3v) is 3.84. The zero-order valence-electron chi connectivity index (χ0n) is 10.7. The number of aliphatic carboxylic acids is 1. The number of carboxylic acids is 1. The highest BCUT2D eigenvalue weighted by molar-refractivity contribution is 6.33. The predicted molar refractivity (Wildman–Crippen MR) is 82.4 cm³/mol. The highest BCUT2D eigenvalue weighted by Gasteiger charge is 2.14. The van der Waals surface area contributed by atoms with E-state index in [2.05, 4.69) is 0 Å². The Morgan fingerprint density at radius 3 is 2.40 bits per heavy atom. The van der Waals surface area contributed by atoms with Crippen LogP contribution in [-0.4, -0.2) is 11.1 Å². The minimum absolute atomic E-state index is 0.0327. The number of halogens is 2. The molecule has 1 atom stereocenters. The molecule has 0 spiro atoms. The van der Waals surface area contributed by atoms with Crippen LogP contribution >= 0.6 is 23.2 Å². The maximum absolute atomic E-state index is 10.6. The van der Waals surface area contributed by atoms with E-state index < -0.39 is 5.97 Å². The van der Waals surface area contributed by atoms with Gasteiger partial charge in [-0.2, -0.15) is 0 Å². The fourth-order valence-corrected chi connectivity index (χ4v) is 2.66. The molecule has 0 amide bonds. The lowest BCUT2D eigenvalue weighted by Gasteiger charge is -2.12. The van der Waals surface area contributed by atoms with E-state index >= 15 is 0 Å². The first-order valence-electron chi connectivity index (χ1n) is 6.28. The second-order valence-corrected chi connectivity index (χ2v) is 5.44. The maximum atomic E-state index is 10.6. The van der Waals surface area contributed by atoms with Gasteiger partial charge < -0.3 is 5.11 Å². The molecule has 20 heavy (non-hydrogen) atoms. The van der Waals surface area contributed by atoms with Crippen LogP contribution in [0.25, 0.3) is 11.1 Å². The topological polar surface area (TPSA) is 37.3 Å². The Morgan fingerprint density at radius 2 is 1.80 bits per heavy atom. The fraction of sp³-hybridized carbons (Fsp3) is 0.188. The summed E-state index contributed by atoms with van der Waals surface area (Å²) in [5.41, 5.74) is 2.87. The zero-order valence-corrected chi connectivity index (χ0v) is 12.2. The molecular weight excluding hydrogens is 295 g/mol. The average Bonchev–Trinajstić information content (AvgIpc) is 2.45. The van der Waals surface area contributed by atoms with Gasteiger partial charge in [0.25, 0.3) is 0 Å². The van der Waals surface area contributed by atoms with Crippen molar-refractivity contribution in [3.63, 3.8) is 0 Å². The average molecular weight is 309 g/mol. The summed E-state index contributed by atoms with van der Waals surface area (Å²) in [6.07, 6.45) is 0.395. The second kappa shape index (κ2) is 6.78. The molecule has 0 aliphatic heterocycles. The van der Waals surface area contributed by atoms with Crippen molar-refractivity contribution in [3.8, 4) is 11.1 Å². The summed E-state index contributed by atoms with van der Waals surface area (Å²) in [6.45, 7) is 0. The second-order valence-electron chi connectivity index (χ2n) is 4.50. The number of alkyl halides is 1. The molecule has 0 saturated carbocycles. The van der Waals surface area contributed by atoms with Gasteiger partial charge in [-0.25, -0.2) is 0 Å². The minimum atomic E-state index is -0.854. The van der Waals surface area contributed by atoms with E-state index in [0.717, 1.165) is 16.7 Å². The van der Waals surface area contributed by atoms with Gasteiger partial charge in [0.15, 0.2) is 0 Å². The van der Waals surface area contributed by atoms with Crippen molar-refractivity contribution in [2.75, 3.05) is 0 Å². The van der Waals surface area contributed by atoms with Gasteiger partial charge in [-0.1, -0.05) is 54.1 Å². The summed E-state index contributed by atoms with van der Waals surface area (Å²) in [6, 6.07) is 15.6. The molecule has 0 fully saturated rings. The molecule has 0 aliphatic rings. The summed E-state index contributed by atoms with van der Waals surface area (Å²) in [5, 5.41) is 8.86. The van der Waals surface area contributed by atoms with Crippen molar-refractivity contribution in [2.45, 2.75) is 18.2 Å². The van der Waals surface area contributed by atoms with Crippen LogP contribution in [0.1, 0.15) is 23.8 Å². The normalized spacial score (nSPS) is 12.1. The molecule has 0 aliphatic carbocycles. The first-order chi connectivity index (χ1) is 9.58. The Labute approximate surface area is 128 Å². The Morgan fingerprint density at radius 1 is 1.10 bits per heavy atom. The van der Waals surface area contributed by atoms with Gasteiger partial charge in [-0.05, 0) is 29.2 Å². The minimum Gasteiger partial charge on any atom is -0.481 e. The number of hydrogen-bond donors (Lipinski definition) is 1. The third kappa shape index (κ3) is 3.75. The summed E-state index contributed by atoms with van der Waals surface area (Å²) in [4.78, 5) is 10.6.